The minimum atomic E-state index is 0.720. The number of benzene rings is 3. The highest BCUT2D eigenvalue weighted by molar-refractivity contribution is 5.89. The first-order valence-electron chi connectivity index (χ1n) is 8.00. The van der Waals surface area contributed by atoms with Crippen LogP contribution in [0.15, 0.2) is 73.3 Å². The van der Waals surface area contributed by atoms with Crippen molar-refractivity contribution in [2.75, 3.05) is 20.0 Å². The average Bonchev–Trinajstić information content (AvgIpc) is 2.67. The van der Waals surface area contributed by atoms with Gasteiger partial charge in [-0.3, -0.25) is 0 Å². The smallest absolute Gasteiger partial charge is 0.118 e. The van der Waals surface area contributed by atoms with Crippen LogP contribution in [-0.4, -0.2) is 14.2 Å². The molecule has 25 heavy (non-hydrogen) atoms. The van der Waals surface area contributed by atoms with E-state index in [4.69, 9.17) is 15.2 Å². The number of rotatable bonds is 5. The van der Waals surface area contributed by atoms with Crippen LogP contribution in [0, 0.1) is 0 Å². The summed E-state index contributed by atoms with van der Waals surface area (Å²) in [4.78, 5) is 0. The second kappa shape index (κ2) is 7.14. The molecule has 0 saturated heterocycles. The van der Waals surface area contributed by atoms with Crippen molar-refractivity contribution in [1.82, 2.24) is 0 Å². The Hall–Kier alpha value is -3.20. The lowest BCUT2D eigenvalue weighted by Gasteiger charge is -2.14. The standard InChI is InChI=1S/C22H21NO2/c1-15(16-4-9-19(24-2)10-5-16)21-13-8-18(23)14-22(21)17-6-11-20(25-3)12-7-17/h4-14H,1,23H2,2-3H3. The molecule has 0 bridgehead atoms. The van der Waals surface area contributed by atoms with Gasteiger partial charge >= 0.3 is 0 Å². The van der Waals surface area contributed by atoms with Crippen molar-refractivity contribution >= 4 is 11.3 Å². The van der Waals surface area contributed by atoms with Gasteiger partial charge < -0.3 is 15.2 Å². The third-order valence-corrected chi connectivity index (χ3v) is 4.21. The largest absolute Gasteiger partial charge is 0.497 e. The number of methoxy groups -OCH3 is 2. The van der Waals surface area contributed by atoms with E-state index >= 15 is 0 Å². The zero-order valence-corrected chi connectivity index (χ0v) is 14.5. The predicted octanol–water partition coefficient (Wildman–Crippen LogP) is 5.01. The summed E-state index contributed by atoms with van der Waals surface area (Å²) in [5.41, 5.74) is 11.9. The molecule has 0 aliphatic carbocycles. The van der Waals surface area contributed by atoms with Gasteiger partial charge in [-0.25, -0.2) is 0 Å². The van der Waals surface area contributed by atoms with Crippen molar-refractivity contribution < 1.29 is 9.47 Å². The first-order valence-corrected chi connectivity index (χ1v) is 8.00. The number of nitrogens with two attached hydrogens (primary N) is 1. The van der Waals surface area contributed by atoms with Crippen LogP contribution in [0.5, 0.6) is 11.5 Å². The van der Waals surface area contributed by atoms with Crippen LogP contribution in [0.3, 0.4) is 0 Å². The molecule has 0 spiro atoms. The van der Waals surface area contributed by atoms with Gasteiger partial charge in [-0.2, -0.15) is 0 Å². The lowest BCUT2D eigenvalue weighted by molar-refractivity contribution is 0.414. The summed E-state index contributed by atoms with van der Waals surface area (Å²) in [6.45, 7) is 4.29. The zero-order chi connectivity index (χ0) is 17.8. The van der Waals surface area contributed by atoms with Gasteiger partial charge in [0, 0.05) is 5.69 Å². The normalized spacial score (nSPS) is 10.3. The van der Waals surface area contributed by atoms with E-state index in [1.54, 1.807) is 14.2 Å². The van der Waals surface area contributed by atoms with Crippen LogP contribution in [-0.2, 0) is 0 Å². The Morgan fingerprint density at radius 3 is 1.92 bits per heavy atom. The van der Waals surface area contributed by atoms with Gasteiger partial charge in [0.25, 0.3) is 0 Å². The third kappa shape index (κ3) is 3.50. The highest BCUT2D eigenvalue weighted by atomic mass is 16.5. The molecule has 3 nitrogen and oxygen atoms in total. The average molecular weight is 331 g/mol. The molecule has 0 aliphatic heterocycles. The van der Waals surface area contributed by atoms with E-state index in [2.05, 4.69) is 6.58 Å². The van der Waals surface area contributed by atoms with Crippen LogP contribution in [0.1, 0.15) is 11.1 Å². The Morgan fingerprint density at radius 1 is 0.800 bits per heavy atom. The van der Waals surface area contributed by atoms with E-state index in [9.17, 15) is 0 Å². The third-order valence-electron chi connectivity index (χ3n) is 4.21. The number of anilines is 1. The van der Waals surface area contributed by atoms with Crippen molar-refractivity contribution in [2.45, 2.75) is 0 Å². The highest BCUT2D eigenvalue weighted by Gasteiger charge is 2.11. The van der Waals surface area contributed by atoms with Gasteiger partial charge in [0.1, 0.15) is 11.5 Å². The summed E-state index contributed by atoms with van der Waals surface area (Å²) in [5.74, 6) is 1.65. The SMILES string of the molecule is C=C(c1ccc(OC)cc1)c1ccc(N)cc1-c1ccc(OC)cc1. The van der Waals surface area contributed by atoms with E-state index in [1.807, 2.05) is 66.7 Å². The maximum Gasteiger partial charge on any atom is 0.118 e. The number of hydrogen-bond donors (Lipinski definition) is 1. The van der Waals surface area contributed by atoms with E-state index in [1.165, 1.54) is 0 Å². The van der Waals surface area contributed by atoms with Crippen molar-refractivity contribution in [1.29, 1.82) is 0 Å². The quantitative estimate of drug-likeness (QED) is 0.668. The molecule has 0 aliphatic rings. The van der Waals surface area contributed by atoms with Crippen LogP contribution in [0.4, 0.5) is 5.69 Å². The number of hydrogen-bond acceptors (Lipinski definition) is 3. The summed E-state index contributed by atoms with van der Waals surface area (Å²) < 4.78 is 10.5. The molecular formula is C22H21NO2. The Morgan fingerprint density at radius 2 is 1.36 bits per heavy atom. The Labute approximate surface area is 148 Å². The molecule has 3 aromatic carbocycles. The van der Waals surface area contributed by atoms with E-state index in [-0.39, 0.29) is 0 Å². The molecule has 2 N–H and O–H groups in total. The van der Waals surface area contributed by atoms with Crippen LogP contribution < -0.4 is 15.2 Å². The molecule has 3 aromatic rings. The van der Waals surface area contributed by atoms with Gasteiger partial charge in [0.05, 0.1) is 14.2 Å². The van der Waals surface area contributed by atoms with Crippen molar-refractivity contribution in [3.05, 3.63) is 84.4 Å². The molecule has 0 unspecified atom stereocenters. The summed E-state index contributed by atoms with van der Waals surface area (Å²) in [6, 6.07) is 21.7. The fraction of sp³-hybridized carbons (Fsp3) is 0.0909. The molecule has 3 heteroatoms. The molecular weight excluding hydrogens is 310 g/mol. The van der Waals surface area contributed by atoms with Crippen molar-refractivity contribution in [3.63, 3.8) is 0 Å². The Bertz CT molecular complexity index is 881. The first kappa shape index (κ1) is 16.7. The monoisotopic (exact) mass is 331 g/mol. The molecule has 3 rings (SSSR count). The lowest BCUT2D eigenvalue weighted by Crippen LogP contribution is -1.94. The van der Waals surface area contributed by atoms with E-state index < -0.39 is 0 Å². The Kier molecular flexibility index (Phi) is 4.75. The lowest BCUT2D eigenvalue weighted by atomic mass is 9.91. The fourth-order valence-electron chi connectivity index (χ4n) is 2.78. The van der Waals surface area contributed by atoms with Gasteiger partial charge in [-0.15, -0.1) is 0 Å². The van der Waals surface area contributed by atoms with Crippen molar-refractivity contribution in [3.8, 4) is 22.6 Å². The molecule has 126 valence electrons. The number of ether oxygens (including phenoxy) is 2. The van der Waals surface area contributed by atoms with Crippen molar-refractivity contribution in [2.24, 2.45) is 0 Å². The topological polar surface area (TPSA) is 44.5 Å². The maximum atomic E-state index is 6.03. The van der Waals surface area contributed by atoms with Crippen LogP contribution in [0.2, 0.25) is 0 Å². The summed E-state index contributed by atoms with van der Waals surface area (Å²) >= 11 is 0. The molecule has 0 atom stereocenters. The minimum Gasteiger partial charge on any atom is -0.497 e. The first-order chi connectivity index (χ1) is 12.1. The van der Waals surface area contributed by atoms with Gasteiger partial charge in [-0.05, 0) is 64.2 Å². The summed E-state index contributed by atoms with van der Waals surface area (Å²) in [7, 11) is 3.32. The number of nitrogen functional groups attached to an aromatic ring is 1. The van der Waals surface area contributed by atoms with Gasteiger partial charge in [0.2, 0.25) is 0 Å². The molecule has 0 amide bonds. The molecule has 0 heterocycles. The van der Waals surface area contributed by atoms with E-state index in [0.717, 1.165) is 45.0 Å². The maximum absolute atomic E-state index is 6.03. The van der Waals surface area contributed by atoms with E-state index in [0.29, 0.717) is 0 Å². The zero-order valence-electron chi connectivity index (χ0n) is 14.5. The molecule has 0 fully saturated rings. The van der Waals surface area contributed by atoms with Crippen LogP contribution >= 0.6 is 0 Å². The second-order valence-electron chi connectivity index (χ2n) is 5.74. The molecule has 0 aromatic heterocycles. The second-order valence-corrected chi connectivity index (χ2v) is 5.74. The predicted molar refractivity (Wildman–Crippen MR) is 104 cm³/mol. The van der Waals surface area contributed by atoms with Crippen LogP contribution in [0.25, 0.3) is 16.7 Å². The van der Waals surface area contributed by atoms with Gasteiger partial charge in [0.15, 0.2) is 0 Å². The minimum absolute atomic E-state index is 0.720. The van der Waals surface area contributed by atoms with Gasteiger partial charge in [-0.1, -0.05) is 36.9 Å². The summed E-state index contributed by atoms with van der Waals surface area (Å²) in [5, 5.41) is 0. The molecule has 0 saturated carbocycles. The summed E-state index contributed by atoms with van der Waals surface area (Å²) in [6.07, 6.45) is 0. The Balaban J connectivity index is 2.04. The fourth-order valence-corrected chi connectivity index (χ4v) is 2.78. The molecule has 0 radical (unpaired) electrons. The highest BCUT2D eigenvalue weighted by Crippen LogP contribution is 2.34.